The molecule has 3 amide bonds. The standard InChI is InChI=1S/C20H21N3O3/c24-18(22-17-7-3-4-13-12-21-10-8-14(13)17)9-11-23-19(25)15-5-1-2-6-16(15)20(23)26/h3-4,7-8,10,12,15-16H,1-2,5-6,9,11H2,(H,22,24)/t15-,16+. The summed E-state index contributed by atoms with van der Waals surface area (Å²) in [7, 11) is 0. The first-order valence-corrected chi connectivity index (χ1v) is 9.13. The minimum Gasteiger partial charge on any atom is -0.325 e. The topological polar surface area (TPSA) is 79.4 Å². The first kappa shape index (κ1) is 16.7. The number of pyridine rings is 1. The lowest BCUT2D eigenvalue weighted by molar-refractivity contribution is -0.140. The number of carbonyl (C=O) groups is 3. The first-order chi connectivity index (χ1) is 12.6. The largest absolute Gasteiger partial charge is 0.325 e. The normalized spacial score (nSPS) is 22.5. The number of rotatable bonds is 4. The summed E-state index contributed by atoms with van der Waals surface area (Å²) in [5.74, 6) is -0.716. The molecule has 6 nitrogen and oxygen atoms in total. The van der Waals surface area contributed by atoms with Gasteiger partial charge in [-0.25, -0.2) is 0 Å². The van der Waals surface area contributed by atoms with Gasteiger partial charge in [0.1, 0.15) is 0 Å². The number of aromatic nitrogens is 1. The molecule has 4 rings (SSSR count). The molecule has 1 aromatic carbocycles. The zero-order chi connectivity index (χ0) is 18.1. The van der Waals surface area contributed by atoms with Crippen molar-refractivity contribution in [3.05, 3.63) is 36.7 Å². The highest BCUT2D eigenvalue weighted by Crippen LogP contribution is 2.38. The van der Waals surface area contributed by atoms with Crippen molar-refractivity contribution >= 4 is 34.2 Å². The summed E-state index contributed by atoms with van der Waals surface area (Å²) in [5.41, 5.74) is 0.711. The van der Waals surface area contributed by atoms with Crippen molar-refractivity contribution in [2.45, 2.75) is 32.1 Å². The third-order valence-electron chi connectivity index (χ3n) is 5.45. The van der Waals surface area contributed by atoms with Crippen LogP contribution in [0, 0.1) is 11.8 Å². The zero-order valence-corrected chi connectivity index (χ0v) is 14.5. The van der Waals surface area contributed by atoms with Gasteiger partial charge in [0.05, 0.1) is 11.8 Å². The molecule has 1 saturated heterocycles. The third kappa shape index (κ3) is 2.96. The highest BCUT2D eigenvalue weighted by atomic mass is 16.2. The maximum Gasteiger partial charge on any atom is 0.233 e. The summed E-state index contributed by atoms with van der Waals surface area (Å²) in [4.78, 5) is 42.7. The van der Waals surface area contributed by atoms with E-state index in [1.54, 1.807) is 12.4 Å². The average molecular weight is 351 g/mol. The van der Waals surface area contributed by atoms with E-state index in [2.05, 4.69) is 10.3 Å². The van der Waals surface area contributed by atoms with Crippen molar-refractivity contribution in [2.24, 2.45) is 11.8 Å². The monoisotopic (exact) mass is 351 g/mol. The summed E-state index contributed by atoms with van der Waals surface area (Å²) >= 11 is 0. The van der Waals surface area contributed by atoms with Gasteiger partial charge in [-0.1, -0.05) is 25.0 Å². The molecule has 1 aromatic heterocycles. The van der Waals surface area contributed by atoms with Gasteiger partial charge >= 0.3 is 0 Å². The van der Waals surface area contributed by atoms with Crippen LogP contribution in [0.15, 0.2) is 36.7 Å². The van der Waals surface area contributed by atoms with E-state index in [0.29, 0.717) is 5.69 Å². The number of anilines is 1. The van der Waals surface area contributed by atoms with Crippen LogP contribution in [-0.2, 0) is 14.4 Å². The number of benzene rings is 1. The van der Waals surface area contributed by atoms with Gasteiger partial charge in [-0.3, -0.25) is 24.3 Å². The molecular formula is C20H21N3O3. The summed E-state index contributed by atoms with van der Waals surface area (Å²) in [6, 6.07) is 7.48. The minimum absolute atomic E-state index is 0.0938. The van der Waals surface area contributed by atoms with Crippen LogP contribution < -0.4 is 5.32 Å². The van der Waals surface area contributed by atoms with Gasteiger partial charge in [0.25, 0.3) is 0 Å². The average Bonchev–Trinajstić information content (AvgIpc) is 2.91. The Bertz CT molecular complexity index is 850. The number of hydrogen-bond acceptors (Lipinski definition) is 4. The second kappa shape index (κ2) is 6.86. The molecule has 0 spiro atoms. The van der Waals surface area contributed by atoms with Crippen LogP contribution in [0.2, 0.25) is 0 Å². The Kier molecular flexibility index (Phi) is 4.41. The smallest absolute Gasteiger partial charge is 0.233 e. The van der Waals surface area contributed by atoms with Crippen molar-refractivity contribution in [3.63, 3.8) is 0 Å². The number of carbonyl (C=O) groups excluding carboxylic acids is 3. The molecule has 2 fully saturated rings. The molecule has 1 N–H and O–H groups in total. The molecule has 0 unspecified atom stereocenters. The van der Waals surface area contributed by atoms with Gasteiger partial charge in [0, 0.05) is 41.8 Å². The van der Waals surface area contributed by atoms with Crippen molar-refractivity contribution in [2.75, 3.05) is 11.9 Å². The van der Waals surface area contributed by atoms with Crippen molar-refractivity contribution < 1.29 is 14.4 Å². The molecule has 1 aliphatic carbocycles. The lowest BCUT2D eigenvalue weighted by atomic mass is 9.81. The van der Waals surface area contributed by atoms with Gasteiger partial charge in [-0.2, -0.15) is 0 Å². The maximum absolute atomic E-state index is 12.5. The van der Waals surface area contributed by atoms with Crippen LogP contribution in [0.5, 0.6) is 0 Å². The van der Waals surface area contributed by atoms with E-state index in [4.69, 9.17) is 0 Å². The molecule has 0 bridgehead atoms. The summed E-state index contributed by atoms with van der Waals surface area (Å²) in [5, 5.41) is 4.74. The third-order valence-corrected chi connectivity index (χ3v) is 5.45. The van der Waals surface area contributed by atoms with Gasteiger partial charge in [0.15, 0.2) is 0 Å². The molecular weight excluding hydrogens is 330 g/mol. The summed E-state index contributed by atoms with van der Waals surface area (Å²) in [6.45, 7) is 0.156. The minimum atomic E-state index is -0.204. The molecule has 6 heteroatoms. The number of fused-ring (bicyclic) bond motifs is 2. The Balaban J connectivity index is 1.41. The number of nitrogens with one attached hydrogen (secondary N) is 1. The van der Waals surface area contributed by atoms with Gasteiger partial charge in [-0.05, 0) is 25.0 Å². The van der Waals surface area contributed by atoms with Crippen LogP contribution in [-0.4, -0.2) is 34.2 Å². The molecule has 134 valence electrons. The van der Waals surface area contributed by atoms with Crippen LogP contribution in [0.1, 0.15) is 32.1 Å². The van der Waals surface area contributed by atoms with E-state index in [1.807, 2.05) is 24.3 Å². The maximum atomic E-state index is 12.5. The SMILES string of the molecule is O=C(CCN1C(=O)[C@H]2CCCC[C@H]2C1=O)Nc1cccc2cnccc12. The van der Waals surface area contributed by atoms with Crippen LogP contribution in [0.25, 0.3) is 10.8 Å². The quantitative estimate of drug-likeness (QED) is 0.859. The first-order valence-electron chi connectivity index (χ1n) is 9.13. The predicted molar refractivity (Wildman–Crippen MR) is 97.2 cm³/mol. The van der Waals surface area contributed by atoms with E-state index in [1.165, 1.54) is 4.90 Å². The molecule has 2 aromatic rings. The zero-order valence-electron chi connectivity index (χ0n) is 14.5. The molecule has 2 atom stereocenters. The van der Waals surface area contributed by atoms with Gasteiger partial charge in [-0.15, -0.1) is 0 Å². The highest BCUT2D eigenvalue weighted by Gasteiger charge is 2.47. The molecule has 1 aliphatic heterocycles. The van der Waals surface area contributed by atoms with Crippen LogP contribution in [0.3, 0.4) is 0 Å². The van der Waals surface area contributed by atoms with E-state index < -0.39 is 0 Å². The fraction of sp³-hybridized carbons (Fsp3) is 0.400. The van der Waals surface area contributed by atoms with Crippen LogP contribution >= 0.6 is 0 Å². The molecule has 26 heavy (non-hydrogen) atoms. The fourth-order valence-corrected chi connectivity index (χ4v) is 4.11. The number of amides is 3. The van der Waals surface area contributed by atoms with E-state index in [9.17, 15) is 14.4 Å². The second-order valence-corrected chi connectivity index (χ2v) is 7.03. The Hall–Kier alpha value is -2.76. The molecule has 0 radical (unpaired) electrons. The Morgan fingerprint density at radius 2 is 1.85 bits per heavy atom. The molecule has 1 saturated carbocycles. The van der Waals surface area contributed by atoms with Gasteiger partial charge in [0.2, 0.25) is 17.7 Å². The summed E-state index contributed by atoms with van der Waals surface area (Å²) < 4.78 is 0. The Labute approximate surface area is 151 Å². The van der Waals surface area contributed by atoms with Crippen molar-refractivity contribution in [1.29, 1.82) is 0 Å². The fourth-order valence-electron chi connectivity index (χ4n) is 4.11. The molecule has 2 heterocycles. The van der Waals surface area contributed by atoms with Crippen LogP contribution in [0.4, 0.5) is 5.69 Å². The van der Waals surface area contributed by atoms with E-state index in [0.717, 1.165) is 36.5 Å². The highest BCUT2D eigenvalue weighted by molar-refractivity contribution is 6.06. The number of imide groups is 1. The summed E-state index contributed by atoms with van der Waals surface area (Å²) in [6.07, 6.45) is 7.13. The number of hydrogen-bond donors (Lipinski definition) is 1. The van der Waals surface area contributed by atoms with E-state index >= 15 is 0 Å². The lowest BCUT2D eigenvalue weighted by Gasteiger charge is -2.19. The van der Waals surface area contributed by atoms with Gasteiger partial charge < -0.3 is 5.32 Å². The lowest BCUT2D eigenvalue weighted by Crippen LogP contribution is -2.34. The molecule has 2 aliphatic rings. The second-order valence-electron chi connectivity index (χ2n) is 7.03. The Morgan fingerprint density at radius 3 is 2.58 bits per heavy atom. The Morgan fingerprint density at radius 1 is 1.12 bits per heavy atom. The number of nitrogens with zero attached hydrogens (tertiary/aromatic N) is 2. The number of likely N-dealkylation sites (tertiary alicyclic amines) is 1. The van der Waals surface area contributed by atoms with Crippen molar-refractivity contribution in [1.82, 2.24) is 9.88 Å². The van der Waals surface area contributed by atoms with E-state index in [-0.39, 0.29) is 42.5 Å². The van der Waals surface area contributed by atoms with Crippen molar-refractivity contribution in [3.8, 4) is 0 Å². The predicted octanol–water partition coefficient (Wildman–Crippen LogP) is 2.74.